The van der Waals surface area contributed by atoms with Crippen LogP contribution in [0, 0.1) is 16.9 Å². The summed E-state index contributed by atoms with van der Waals surface area (Å²) in [7, 11) is -1.39. The third-order valence-electron chi connectivity index (χ3n) is 2.65. The summed E-state index contributed by atoms with van der Waals surface area (Å²) in [6, 6.07) is 7.92. The monoisotopic (exact) mass is 260 g/mol. The Bertz CT molecular complexity index is 466. The number of hydrogen-bond acceptors (Lipinski definition) is 1. The first kappa shape index (κ1) is 15.0. The van der Waals surface area contributed by atoms with Gasteiger partial charge in [-0.25, -0.2) is 0 Å². The van der Waals surface area contributed by atoms with Crippen LogP contribution in [0.3, 0.4) is 0 Å². The third-order valence-corrected chi connectivity index (χ3v) is 3.52. The molecule has 0 saturated heterocycles. The zero-order chi connectivity index (χ0) is 14.0. The van der Waals surface area contributed by atoms with Gasteiger partial charge < -0.3 is 5.11 Å². The van der Waals surface area contributed by atoms with Crippen molar-refractivity contribution in [1.29, 1.82) is 0 Å². The van der Waals surface area contributed by atoms with E-state index in [4.69, 9.17) is 0 Å². The Balaban J connectivity index is 3.18. The van der Waals surface area contributed by atoms with Gasteiger partial charge in [0.2, 0.25) is 0 Å². The molecule has 0 bridgehead atoms. The van der Waals surface area contributed by atoms with Crippen molar-refractivity contribution >= 4 is 8.07 Å². The zero-order valence-corrected chi connectivity index (χ0v) is 13.3. The van der Waals surface area contributed by atoms with Gasteiger partial charge in [0, 0.05) is 5.56 Å². The molecule has 0 spiro atoms. The van der Waals surface area contributed by atoms with Gasteiger partial charge in [0.1, 0.15) is 8.07 Å². The second-order valence-corrected chi connectivity index (χ2v) is 11.6. The Morgan fingerprint density at radius 3 is 2.17 bits per heavy atom. The fraction of sp³-hybridized carbons (Fsp3) is 0.500. The molecule has 98 valence electrons. The van der Waals surface area contributed by atoms with Crippen LogP contribution in [-0.4, -0.2) is 13.2 Å². The van der Waals surface area contributed by atoms with Crippen LogP contribution in [0.1, 0.15) is 38.0 Å². The average Bonchev–Trinajstić information content (AvgIpc) is 2.23. The topological polar surface area (TPSA) is 20.2 Å². The first-order chi connectivity index (χ1) is 8.11. The van der Waals surface area contributed by atoms with Gasteiger partial charge in [0.25, 0.3) is 0 Å². The second kappa shape index (κ2) is 5.30. The average molecular weight is 260 g/mol. The molecule has 1 rings (SSSR count). The summed E-state index contributed by atoms with van der Waals surface area (Å²) in [5.74, 6) is 3.26. The maximum atomic E-state index is 10.4. The van der Waals surface area contributed by atoms with E-state index < -0.39 is 14.2 Å². The molecule has 1 unspecified atom stereocenters. The predicted molar refractivity (Wildman–Crippen MR) is 81.1 cm³/mol. The van der Waals surface area contributed by atoms with Gasteiger partial charge >= 0.3 is 0 Å². The van der Waals surface area contributed by atoms with Crippen molar-refractivity contribution in [3.05, 3.63) is 35.4 Å². The van der Waals surface area contributed by atoms with E-state index in [0.717, 1.165) is 11.1 Å². The van der Waals surface area contributed by atoms with Crippen LogP contribution in [0.25, 0.3) is 0 Å². The molecular weight excluding hydrogens is 236 g/mol. The van der Waals surface area contributed by atoms with Gasteiger partial charge in [0.05, 0.1) is 6.10 Å². The zero-order valence-electron chi connectivity index (χ0n) is 12.3. The largest absolute Gasteiger partial charge is 0.388 e. The Kier molecular flexibility index (Phi) is 4.42. The smallest absolute Gasteiger partial charge is 0.129 e. The Labute approximate surface area is 112 Å². The molecule has 0 fully saturated rings. The first-order valence-electron chi connectivity index (χ1n) is 6.41. The summed E-state index contributed by atoms with van der Waals surface area (Å²) in [5.41, 5.74) is 5.09. The fourth-order valence-corrected chi connectivity index (χ4v) is 2.08. The predicted octanol–water partition coefficient (Wildman–Crippen LogP) is 4.00. The summed E-state index contributed by atoms with van der Waals surface area (Å²) in [5, 5.41) is 10.4. The molecule has 0 heterocycles. The lowest BCUT2D eigenvalue weighted by molar-refractivity contribution is 0.0624. The van der Waals surface area contributed by atoms with Crippen LogP contribution in [-0.2, 0) is 0 Å². The summed E-state index contributed by atoms with van der Waals surface area (Å²) in [4.78, 5) is 0. The van der Waals surface area contributed by atoms with E-state index in [-0.39, 0.29) is 5.41 Å². The minimum atomic E-state index is -1.39. The highest BCUT2D eigenvalue weighted by molar-refractivity contribution is 6.83. The van der Waals surface area contributed by atoms with E-state index in [2.05, 4.69) is 31.1 Å². The molecule has 1 atom stereocenters. The highest BCUT2D eigenvalue weighted by Gasteiger charge is 2.25. The van der Waals surface area contributed by atoms with E-state index in [1.807, 2.05) is 45.0 Å². The van der Waals surface area contributed by atoms with Crippen LogP contribution >= 0.6 is 0 Å². The number of hydrogen-bond donors (Lipinski definition) is 1. The van der Waals surface area contributed by atoms with E-state index in [1.165, 1.54) is 0 Å². The SMILES string of the molecule is CC(C)(C)C(O)c1ccccc1C#C[Si](C)(C)C. The Morgan fingerprint density at radius 1 is 1.11 bits per heavy atom. The number of aliphatic hydroxyl groups excluding tert-OH is 1. The molecule has 1 N–H and O–H groups in total. The molecule has 0 amide bonds. The van der Waals surface area contributed by atoms with Crippen molar-refractivity contribution in [2.24, 2.45) is 5.41 Å². The van der Waals surface area contributed by atoms with Gasteiger partial charge in [-0.05, 0) is 17.0 Å². The van der Waals surface area contributed by atoms with Crippen molar-refractivity contribution in [1.82, 2.24) is 0 Å². The Morgan fingerprint density at radius 2 is 1.67 bits per heavy atom. The summed E-state index contributed by atoms with van der Waals surface area (Å²) in [6.07, 6.45) is -0.482. The van der Waals surface area contributed by atoms with Gasteiger partial charge in [-0.3, -0.25) is 0 Å². The maximum absolute atomic E-state index is 10.4. The lowest BCUT2D eigenvalue weighted by atomic mass is 9.83. The van der Waals surface area contributed by atoms with Crippen LogP contribution in [0.15, 0.2) is 24.3 Å². The fourth-order valence-electron chi connectivity index (χ4n) is 1.57. The molecule has 0 aliphatic rings. The molecule has 0 saturated carbocycles. The standard InChI is InChI=1S/C16H24OSi/c1-16(2,3)15(17)14-10-8-7-9-13(14)11-12-18(4,5)6/h7-10,15,17H,1-6H3. The molecule has 1 aromatic rings. The maximum Gasteiger partial charge on any atom is 0.129 e. The number of benzene rings is 1. The second-order valence-electron chi connectivity index (χ2n) is 6.86. The molecule has 0 aromatic heterocycles. The molecule has 0 aliphatic heterocycles. The first-order valence-corrected chi connectivity index (χ1v) is 9.91. The van der Waals surface area contributed by atoms with Gasteiger partial charge in [-0.2, -0.15) is 0 Å². The normalized spacial score (nSPS) is 13.7. The third kappa shape index (κ3) is 4.32. The van der Waals surface area contributed by atoms with Crippen molar-refractivity contribution < 1.29 is 5.11 Å². The molecule has 18 heavy (non-hydrogen) atoms. The van der Waals surface area contributed by atoms with E-state index in [1.54, 1.807) is 0 Å². The quantitative estimate of drug-likeness (QED) is 0.598. The van der Waals surface area contributed by atoms with Crippen molar-refractivity contribution in [2.75, 3.05) is 0 Å². The highest BCUT2D eigenvalue weighted by atomic mass is 28.3. The summed E-state index contributed by atoms with van der Waals surface area (Å²) < 4.78 is 0. The summed E-state index contributed by atoms with van der Waals surface area (Å²) in [6.45, 7) is 12.8. The molecule has 1 aromatic carbocycles. The minimum absolute atomic E-state index is 0.170. The van der Waals surface area contributed by atoms with Crippen molar-refractivity contribution in [3.63, 3.8) is 0 Å². The molecule has 2 heteroatoms. The van der Waals surface area contributed by atoms with E-state index in [9.17, 15) is 5.11 Å². The number of rotatable bonds is 1. The highest BCUT2D eigenvalue weighted by Crippen LogP contribution is 2.33. The van der Waals surface area contributed by atoms with Gasteiger partial charge in [0.15, 0.2) is 0 Å². The molecular formula is C16H24OSi. The van der Waals surface area contributed by atoms with Gasteiger partial charge in [-0.15, -0.1) is 5.54 Å². The van der Waals surface area contributed by atoms with Crippen LogP contribution in [0.5, 0.6) is 0 Å². The van der Waals surface area contributed by atoms with Crippen molar-refractivity contribution in [2.45, 2.75) is 46.5 Å². The van der Waals surface area contributed by atoms with Crippen LogP contribution < -0.4 is 0 Å². The minimum Gasteiger partial charge on any atom is -0.388 e. The van der Waals surface area contributed by atoms with Gasteiger partial charge in [-0.1, -0.05) is 64.5 Å². The lowest BCUT2D eigenvalue weighted by Crippen LogP contribution is -2.19. The van der Waals surface area contributed by atoms with Crippen LogP contribution in [0.2, 0.25) is 19.6 Å². The number of aliphatic hydroxyl groups is 1. The van der Waals surface area contributed by atoms with E-state index >= 15 is 0 Å². The molecule has 0 aliphatic carbocycles. The molecule has 0 radical (unpaired) electrons. The Hall–Kier alpha value is -1.04. The molecule has 1 nitrogen and oxygen atoms in total. The lowest BCUT2D eigenvalue weighted by Gasteiger charge is -2.27. The van der Waals surface area contributed by atoms with Crippen LogP contribution in [0.4, 0.5) is 0 Å². The van der Waals surface area contributed by atoms with Crippen molar-refractivity contribution in [3.8, 4) is 11.5 Å². The van der Waals surface area contributed by atoms with E-state index in [0.29, 0.717) is 0 Å². The summed E-state index contributed by atoms with van der Waals surface area (Å²) >= 11 is 0.